The van der Waals surface area contributed by atoms with Crippen molar-refractivity contribution in [2.75, 3.05) is 13.7 Å². The summed E-state index contributed by atoms with van der Waals surface area (Å²) < 4.78 is 5.66. The van der Waals surface area contributed by atoms with E-state index in [1.165, 1.54) is 0 Å². The molecule has 1 rings (SSSR count). The third kappa shape index (κ3) is 3.66. The summed E-state index contributed by atoms with van der Waals surface area (Å²) in [6.45, 7) is 4.60. The molecular formula is C13H20N2O2. The Labute approximate surface area is 102 Å². The number of aromatic hydroxyl groups is 1. The van der Waals surface area contributed by atoms with Crippen LogP contribution in [0.15, 0.2) is 23.3 Å². The number of nitrogens with one attached hydrogen (secondary N) is 1. The number of phenolic OH excluding ortho intramolecular Hbond substituents is 1. The van der Waals surface area contributed by atoms with Crippen LogP contribution in [-0.2, 0) is 0 Å². The first-order valence-electron chi connectivity index (χ1n) is 5.86. The molecule has 0 spiro atoms. The maximum Gasteiger partial charge on any atom is 0.132 e. The van der Waals surface area contributed by atoms with Crippen LogP contribution in [0.5, 0.6) is 11.5 Å². The highest BCUT2D eigenvalue weighted by Crippen LogP contribution is 2.28. The molecule has 0 radical (unpaired) electrons. The molecule has 0 bridgehead atoms. The van der Waals surface area contributed by atoms with Gasteiger partial charge < -0.3 is 15.3 Å². The van der Waals surface area contributed by atoms with Crippen molar-refractivity contribution in [1.82, 2.24) is 5.43 Å². The number of hydrogen-bond donors (Lipinski definition) is 2. The van der Waals surface area contributed by atoms with Gasteiger partial charge in [-0.25, -0.2) is 0 Å². The third-order valence-electron chi connectivity index (χ3n) is 2.40. The number of phenols is 1. The summed E-state index contributed by atoms with van der Waals surface area (Å²) in [6.07, 6.45) is 2.08. The van der Waals surface area contributed by atoms with Gasteiger partial charge in [-0.1, -0.05) is 19.4 Å². The second-order valence-corrected chi connectivity index (χ2v) is 3.77. The number of hydrogen-bond acceptors (Lipinski definition) is 4. The van der Waals surface area contributed by atoms with Gasteiger partial charge in [0.15, 0.2) is 0 Å². The average Bonchev–Trinajstić information content (AvgIpc) is 2.29. The normalized spacial score (nSPS) is 11.4. The molecular weight excluding hydrogens is 216 g/mol. The lowest BCUT2D eigenvalue weighted by molar-refractivity contribution is 0.307. The quantitative estimate of drug-likeness (QED) is 0.453. The van der Waals surface area contributed by atoms with Crippen LogP contribution in [0.1, 0.15) is 32.3 Å². The molecule has 0 unspecified atom stereocenters. The fraction of sp³-hybridized carbons (Fsp3) is 0.462. The standard InChI is InChI=1S/C13H20N2O2/c1-4-5-9-17-12-8-6-7-11(16)13(12)10(2)15-14-3/h6-8,14,16H,4-5,9H2,1-3H3/b15-10+. The molecule has 4 heteroatoms. The highest BCUT2D eigenvalue weighted by Gasteiger charge is 2.11. The second-order valence-electron chi connectivity index (χ2n) is 3.77. The van der Waals surface area contributed by atoms with Crippen LogP contribution in [0.25, 0.3) is 0 Å². The summed E-state index contributed by atoms with van der Waals surface area (Å²) >= 11 is 0. The highest BCUT2D eigenvalue weighted by molar-refractivity contribution is 6.03. The van der Waals surface area contributed by atoms with Crippen LogP contribution in [0, 0.1) is 0 Å². The number of hydrazone groups is 1. The van der Waals surface area contributed by atoms with Gasteiger partial charge >= 0.3 is 0 Å². The predicted molar refractivity (Wildman–Crippen MR) is 69.8 cm³/mol. The van der Waals surface area contributed by atoms with E-state index in [4.69, 9.17) is 4.74 Å². The number of rotatable bonds is 6. The van der Waals surface area contributed by atoms with Crippen molar-refractivity contribution in [2.45, 2.75) is 26.7 Å². The molecule has 0 amide bonds. The Morgan fingerprint density at radius 3 is 2.88 bits per heavy atom. The fourth-order valence-electron chi connectivity index (χ4n) is 1.55. The van der Waals surface area contributed by atoms with Crippen LogP contribution in [-0.4, -0.2) is 24.5 Å². The summed E-state index contributed by atoms with van der Waals surface area (Å²) in [5.41, 5.74) is 4.07. The van der Waals surface area contributed by atoms with Crippen LogP contribution in [0.3, 0.4) is 0 Å². The molecule has 1 aromatic rings. The lowest BCUT2D eigenvalue weighted by atomic mass is 10.1. The summed E-state index contributed by atoms with van der Waals surface area (Å²) in [6, 6.07) is 5.25. The summed E-state index contributed by atoms with van der Waals surface area (Å²) in [5, 5.41) is 13.9. The lowest BCUT2D eigenvalue weighted by Crippen LogP contribution is -2.07. The van der Waals surface area contributed by atoms with E-state index in [-0.39, 0.29) is 5.75 Å². The minimum Gasteiger partial charge on any atom is -0.507 e. The molecule has 17 heavy (non-hydrogen) atoms. The first-order chi connectivity index (χ1) is 8.20. The van der Waals surface area contributed by atoms with Crippen LogP contribution >= 0.6 is 0 Å². The summed E-state index contributed by atoms with van der Waals surface area (Å²) in [5.74, 6) is 0.866. The Bertz CT molecular complexity index is 389. The van der Waals surface area contributed by atoms with Crippen molar-refractivity contribution < 1.29 is 9.84 Å². The molecule has 2 N–H and O–H groups in total. The maximum atomic E-state index is 9.86. The molecule has 94 valence electrons. The Morgan fingerprint density at radius 1 is 1.47 bits per heavy atom. The van der Waals surface area contributed by atoms with E-state index in [1.807, 2.05) is 13.0 Å². The largest absolute Gasteiger partial charge is 0.507 e. The molecule has 0 saturated heterocycles. The second kappa shape index (κ2) is 6.78. The van der Waals surface area contributed by atoms with Gasteiger partial charge in [0.1, 0.15) is 11.5 Å². The van der Waals surface area contributed by atoms with E-state index in [0.29, 0.717) is 23.6 Å². The van der Waals surface area contributed by atoms with Crippen molar-refractivity contribution in [1.29, 1.82) is 0 Å². The van der Waals surface area contributed by atoms with Crippen molar-refractivity contribution >= 4 is 5.71 Å². The number of nitrogens with zero attached hydrogens (tertiary/aromatic N) is 1. The molecule has 4 nitrogen and oxygen atoms in total. The average molecular weight is 236 g/mol. The van der Waals surface area contributed by atoms with E-state index < -0.39 is 0 Å². The third-order valence-corrected chi connectivity index (χ3v) is 2.40. The topological polar surface area (TPSA) is 53.9 Å². The minimum absolute atomic E-state index is 0.190. The zero-order valence-corrected chi connectivity index (χ0v) is 10.7. The first-order valence-corrected chi connectivity index (χ1v) is 5.86. The van der Waals surface area contributed by atoms with E-state index in [9.17, 15) is 5.11 Å². The van der Waals surface area contributed by atoms with Gasteiger partial charge in [0, 0.05) is 7.05 Å². The Hall–Kier alpha value is -1.71. The maximum absolute atomic E-state index is 9.86. The molecule has 0 aliphatic carbocycles. The zero-order chi connectivity index (χ0) is 12.7. The van der Waals surface area contributed by atoms with Crippen molar-refractivity contribution in [3.05, 3.63) is 23.8 Å². The van der Waals surface area contributed by atoms with Gasteiger partial charge in [-0.2, -0.15) is 5.10 Å². The van der Waals surface area contributed by atoms with E-state index >= 15 is 0 Å². The zero-order valence-electron chi connectivity index (χ0n) is 10.7. The van der Waals surface area contributed by atoms with Crippen LogP contribution in [0.4, 0.5) is 0 Å². The minimum atomic E-state index is 0.190. The van der Waals surface area contributed by atoms with E-state index in [0.717, 1.165) is 12.8 Å². The van der Waals surface area contributed by atoms with E-state index in [2.05, 4.69) is 17.5 Å². The van der Waals surface area contributed by atoms with Gasteiger partial charge in [-0.3, -0.25) is 0 Å². The molecule has 0 aliphatic rings. The van der Waals surface area contributed by atoms with Gasteiger partial charge in [0.05, 0.1) is 17.9 Å². The molecule has 0 aliphatic heterocycles. The highest BCUT2D eigenvalue weighted by atomic mass is 16.5. The molecule has 0 heterocycles. The Kier molecular flexibility index (Phi) is 5.33. The van der Waals surface area contributed by atoms with E-state index in [1.54, 1.807) is 19.2 Å². The van der Waals surface area contributed by atoms with Crippen LogP contribution in [0.2, 0.25) is 0 Å². The lowest BCUT2D eigenvalue weighted by Gasteiger charge is -2.12. The Morgan fingerprint density at radius 2 is 2.24 bits per heavy atom. The van der Waals surface area contributed by atoms with Crippen LogP contribution < -0.4 is 10.2 Å². The summed E-state index contributed by atoms with van der Waals surface area (Å²) in [7, 11) is 1.72. The van der Waals surface area contributed by atoms with Gasteiger partial charge in [0.2, 0.25) is 0 Å². The Balaban J connectivity index is 2.96. The fourth-order valence-corrected chi connectivity index (χ4v) is 1.55. The molecule has 0 aromatic heterocycles. The molecule has 0 saturated carbocycles. The first kappa shape index (κ1) is 13.4. The SMILES string of the molecule is CCCCOc1cccc(O)c1/C(C)=N/NC. The van der Waals surface area contributed by atoms with Crippen molar-refractivity contribution in [3.63, 3.8) is 0 Å². The monoisotopic (exact) mass is 236 g/mol. The van der Waals surface area contributed by atoms with Gasteiger partial charge in [0.25, 0.3) is 0 Å². The van der Waals surface area contributed by atoms with Gasteiger partial charge in [-0.15, -0.1) is 0 Å². The van der Waals surface area contributed by atoms with Crippen molar-refractivity contribution in [2.24, 2.45) is 5.10 Å². The number of benzene rings is 1. The number of ether oxygens (including phenoxy) is 1. The van der Waals surface area contributed by atoms with Gasteiger partial charge in [-0.05, 0) is 25.5 Å². The smallest absolute Gasteiger partial charge is 0.132 e. The molecule has 0 fully saturated rings. The molecule has 1 aromatic carbocycles. The van der Waals surface area contributed by atoms with Crippen molar-refractivity contribution in [3.8, 4) is 11.5 Å². The predicted octanol–water partition coefficient (Wildman–Crippen LogP) is 2.51. The number of unbranched alkanes of at least 4 members (excludes halogenated alkanes) is 1. The molecule has 0 atom stereocenters. The summed E-state index contributed by atoms with van der Waals surface area (Å²) in [4.78, 5) is 0.